The fourth-order valence-corrected chi connectivity index (χ4v) is 2.18. The fraction of sp³-hybridized carbons (Fsp3) is 0.118. The predicted octanol–water partition coefficient (Wildman–Crippen LogP) is 3.63. The molecule has 2 aromatic carbocycles. The summed E-state index contributed by atoms with van der Waals surface area (Å²) in [5, 5.41) is 11.0. The van der Waals surface area contributed by atoms with E-state index in [-0.39, 0.29) is 12.2 Å². The zero-order chi connectivity index (χ0) is 15.5. The van der Waals surface area contributed by atoms with Crippen molar-refractivity contribution in [2.45, 2.75) is 6.10 Å². The van der Waals surface area contributed by atoms with Gasteiger partial charge >= 0.3 is 0 Å². The molecule has 0 amide bonds. The number of pyridine rings is 1. The van der Waals surface area contributed by atoms with Crippen LogP contribution in [0.3, 0.4) is 0 Å². The van der Waals surface area contributed by atoms with Crippen molar-refractivity contribution in [3.63, 3.8) is 0 Å². The van der Waals surface area contributed by atoms with Gasteiger partial charge in [-0.05, 0) is 29.8 Å². The van der Waals surface area contributed by atoms with Gasteiger partial charge in [0.2, 0.25) is 0 Å². The zero-order valence-electron chi connectivity index (χ0n) is 11.5. The number of aliphatic hydroxyl groups excluding tert-OH is 1. The van der Waals surface area contributed by atoms with Gasteiger partial charge in [0.25, 0.3) is 0 Å². The van der Waals surface area contributed by atoms with Crippen LogP contribution in [0, 0.1) is 11.6 Å². The molecule has 3 nitrogen and oxygen atoms in total. The van der Waals surface area contributed by atoms with Crippen molar-refractivity contribution >= 4 is 10.9 Å². The van der Waals surface area contributed by atoms with Gasteiger partial charge in [-0.25, -0.2) is 8.78 Å². The van der Waals surface area contributed by atoms with E-state index < -0.39 is 17.7 Å². The molecule has 0 aliphatic heterocycles. The Hall–Kier alpha value is -2.53. The standard InChI is InChI=1S/C17H13F2NO2/c18-13-7-6-12(9-14(13)19)15(21)10-22-16-5-1-3-11-4-2-8-20-17(11)16/h1-9,15,21H,10H2. The molecule has 1 unspecified atom stereocenters. The number of hydrogen-bond donors (Lipinski definition) is 1. The van der Waals surface area contributed by atoms with Gasteiger partial charge in [-0.2, -0.15) is 0 Å². The van der Waals surface area contributed by atoms with Gasteiger partial charge in [0, 0.05) is 11.6 Å². The molecule has 0 aliphatic carbocycles. The van der Waals surface area contributed by atoms with E-state index >= 15 is 0 Å². The quantitative estimate of drug-likeness (QED) is 0.800. The molecule has 1 atom stereocenters. The average molecular weight is 301 g/mol. The third kappa shape index (κ3) is 2.89. The van der Waals surface area contributed by atoms with Crippen LogP contribution in [0.2, 0.25) is 0 Å². The van der Waals surface area contributed by atoms with E-state index in [9.17, 15) is 13.9 Å². The summed E-state index contributed by atoms with van der Waals surface area (Å²) in [5.41, 5.74) is 0.939. The molecule has 1 N–H and O–H groups in total. The number of rotatable bonds is 4. The van der Waals surface area contributed by atoms with Gasteiger partial charge in [0.1, 0.15) is 24.0 Å². The Balaban J connectivity index is 1.77. The van der Waals surface area contributed by atoms with Crippen LogP contribution < -0.4 is 4.74 Å². The van der Waals surface area contributed by atoms with Gasteiger partial charge < -0.3 is 9.84 Å². The summed E-state index contributed by atoms with van der Waals surface area (Å²) in [6.07, 6.45) is 0.593. The summed E-state index contributed by atoms with van der Waals surface area (Å²) in [5.74, 6) is -1.42. The lowest BCUT2D eigenvalue weighted by molar-refractivity contribution is 0.108. The molecular formula is C17H13F2NO2. The number of aliphatic hydroxyl groups is 1. The number of hydrogen-bond acceptors (Lipinski definition) is 3. The highest BCUT2D eigenvalue weighted by Gasteiger charge is 2.12. The number of aromatic nitrogens is 1. The van der Waals surface area contributed by atoms with Crippen molar-refractivity contribution in [3.8, 4) is 5.75 Å². The highest BCUT2D eigenvalue weighted by molar-refractivity contribution is 5.84. The van der Waals surface area contributed by atoms with Crippen LogP contribution in [0.4, 0.5) is 8.78 Å². The second-order valence-corrected chi connectivity index (χ2v) is 4.83. The van der Waals surface area contributed by atoms with Gasteiger partial charge in [-0.15, -0.1) is 0 Å². The van der Waals surface area contributed by atoms with Crippen LogP contribution in [0.5, 0.6) is 5.75 Å². The molecule has 0 fully saturated rings. The van der Waals surface area contributed by atoms with Crippen molar-refractivity contribution in [2.75, 3.05) is 6.61 Å². The number of para-hydroxylation sites is 1. The molecule has 3 rings (SSSR count). The van der Waals surface area contributed by atoms with E-state index in [4.69, 9.17) is 4.74 Å². The summed E-state index contributed by atoms with van der Waals surface area (Å²) < 4.78 is 31.6. The first kappa shape index (κ1) is 14.4. The van der Waals surface area contributed by atoms with Crippen LogP contribution in [0.15, 0.2) is 54.7 Å². The van der Waals surface area contributed by atoms with E-state index in [1.807, 2.05) is 24.3 Å². The Morgan fingerprint density at radius 1 is 1.05 bits per heavy atom. The summed E-state index contributed by atoms with van der Waals surface area (Å²) in [4.78, 5) is 4.24. The Bertz CT molecular complexity index is 802. The smallest absolute Gasteiger partial charge is 0.159 e. The summed E-state index contributed by atoms with van der Waals surface area (Å²) in [7, 11) is 0. The highest BCUT2D eigenvalue weighted by Crippen LogP contribution is 2.24. The molecule has 22 heavy (non-hydrogen) atoms. The van der Waals surface area contributed by atoms with Crippen LogP contribution in [-0.4, -0.2) is 16.7 Å². The first-order chi connectivity index (χ1) is 10.6. The molecule has 0 radical (unpaired) electrons. The van der Waals surface area contributed by atoms with E-state index in [0.717, 1.165) is 17.5 Å². The molecule has 112 valence electrons. The number of fused-ring (bicyclic) bond motifs is 1. The number of benzene rings is 2. The molecular weight excluding hydrogens is 288 g/mol. The average Bonchev–Trinajstić information content (AvgIpc) is 2.55. The lowest BCUT2D eigenvalue weighted by atomic mass is 10.1. The molecule has 3 aromatic rings. The van der Waals surface area contributed by atoms with Crippen LogP contribution in [0.1, 0.15) is 11.7 Å². The van der Waals surface area contributed by atoms with Crippen LogP contribution in [-0.2, 0) is 0 Å². The SMILES string of the molecule is OC(COc1cccc2cccnc12)c1ccc(F)c(F)c1. The molecule has 0 spiro atoms. The van der Waals surface area contributed by atoms with Gasteiger partial charge in [0.15, 0.2) is 11.6 Å². The minimum absolute atomic E-state index is 0.0826. The number of halogens is 2. The Kier molecular flexibility index (Phi) is 3.98. The maximum Gasteiger partial charge on any atom is 0.159 e. The third-order valence-corrected chi connectivity index (χ3v) is 3.32. The normalized spacial score (nSPS) is 12.3. The molecule has 0 aliphatic rings. The van der Waals surface area contributed by atoms with Gasteiger partial charge in [-0.3, -0.25) is 4.98 Å². The fourth-order valence-electron chi connectivity index (χ4n) is 2.18. The van der Waals surface area contributed by atoms with Gasteiger partial charge in [0.05, 0.1) is 0 Å². The molecule has 5 heteroatoms. The second-order valence-electron chi connectivity index (χ2n) is 4.83. The largest absolute Gasteiger partial charge is 0.488 e. The Labute approximate surface area is 125 Å². The first-order valence-electron chi connectivity index (χ1n) is 6.75. The van der Waals surface area contributed by atoms with E-state index in [2.05, 4.69) is 4.98 Å². The van der Waals surface area contributed by atoms with Crippen molar-refractivity contribution in [2.24, 2.45) is 0 Å². The predicted molar refractivity (Wildman–Crippen MR) is 78.6 cm³/mol. The van der Waals surface area contributed by atoms with Crippen molar-refractivity contribution in [3.05, 3.63) is 71.9 Å². The van der Waals surface area contributed by atoms with E-state index in [1.54, 1.807) is 12.3 Å². The van der Waals surface area contributed by atoms with Crippen LogP contribution >= 0.6 is 0 Å². The van der Waals surface area contributed by atoms with Crippen LogP contribution in [0.25, 0.3) is 10.9 Å². The Morgan fingerprint density at radius 3 is 2.68 bits per heavy atom. The Morgan fingerprint density at radius 2 is 1.86 bits per heavy atom. The zero-order valence-corrected chi connectivity index (χ0v) is 11.5. The minimum atomic E-state index is -1.06. The van der Waals surface area contributed by atoms with E-state index in [0.29, 0.717) is 11.3 Å². The number of nitrogens with zero attached hydrogens (tertiary/aromatic N) is 1. The molecule has 0 bridgehead atoms. The van der Waals surface area contributed by atoms with Gasteiger partial charge in [-0.1, -0.05) is 24.3 Å². The molecule has 1 heterocycles. The van der Waals surface area contributed by atoms with E-state index in [1.165, 1.54) is 6.07 Å². The van der Waals surface area contributed by atoms with Crippen molar-refractivity contribution in [1.82, 2.24) is 4.98 Å². The molecule has 1 aromatic heterocycles. The maximum atomic E-state index is 13.2. The summed E-state index contributed by atoms with van der Waals surface area (Å²) in [6.45, 7) is -0.0826. The first-order valence-corrected chi connectivity index (χ1v) is 6.75. The number of ether oxygens (including phenoxy) is 1. The minimum Gasteiger partial charge on any atom is -0.488 e. The summed E-state index contributed by atoms with van der Waals surface area (Å²) in [6, 6.07) is 12.5. The molecule has 0 saturated carbocycles. The second kappa shape index (κ2) is 6.07. The topological polar surface area (TPSA) is 42.4 Å². The molecule has 0 saturated heterocycles. The highest BCUT2D eigenvalue weighted by atomic mass is 19.2. The van der Waals surface area contributed by atoms with Crippen molar-refractivity contribution < 1.29 is 18.6 Å². The van der Waals surface area contributed by atoms with Crippen molar-refractivity contribution in [1.29, 1.82) is 0 Å². The third-order valence-electron chi connectivity index (χ3n) is 3.32. The summed E-state index contributed by atoms with van der Waals surface area (Å²) >= 11 is 0. The lowest BCUT2D eigenvalue weighted by Gasteiger charge is -2.14. The lowest BCUT2D eigenvalue weighted by Crippen LogP contribution is -2.10. The monoisotopic (exact) mass is 301 g/mol. The maximum absolute atomic E-state index is 13.2.